The molecule has 2 aromatic rings. The van der Waals surface area contributed by atoms with Crippen LogP contribution in [0.4, 0.5) is 8.78 Å². The first-order valence-corrected chi connectivity index (χ1v) is 10.9. The van der Waals surface area contributed by atoms with E-state index in [0.29, 0.717) is 13.2 Å². The molecule has 34 heavy (non-hydrogen) atoms. The van der Waals surface area contributed by atoms with Crippen molar-refractivity contribution in [3.8, 4) is 0 Å². The van der Waals surface area contributed by atoms with E-state index < -0.39 is 0 Å². The highest BCUT2D eigenvalue weighted by molar-refractivity contribution is 5.85. The van der Waals surface area contributed by atoms with Crippen LogP contribution in [0.25, 0.3) is 0 Å². The van der Waals surface area contributed by atoms with Gasteiger partial charge in [-0.3, -0.25) is 9.80 Å². The number of carbonyl (C=O) groups is 1. The Morgan fingerprint density at radius 1 is 0.912 bits per heavy atom. The van der Waals surface area contributed by atoms with Crippen LogP contribution < -0.4 is 0 Å². The molecule has 1 fully saturated rings. The number of benzene rings is 2. The fourth-order valence-corrected chi connectivity index (χ4v) is 3.81. The van der Waals surface area contributed by atoms with Crippen molar-refractivity contribution < 1.29 is 23.0 Å². The summed E-state index contributed by atoms with van der Waals surface area (Å²) < 4.78 is 37.0. The van der Waals surface area contributed by atoms with Crippen molar-refractivity contribution in [2.45, 2.75) is 13.0 Å². The van der Waals surface area contributed by atoms with Crippen molar-refractivity contribution in [2.24, 2.45) is 0 Å². The summed E-state index contributed by atoms with van der Waals surface area (Å²) in [5.41, 5.74) is 1.98. The number of carbonyl (C=O) groups excluding carboxylic acids is 1. The second kappa shape index (κ2) is 15.8. The van der Waals surface area contributed by atoms with Gasteiger partial charge in [-0.25, -0.2) is 13.6 Å². The minimum absolute atomic E-state index is 0. The van der Waals surface area contributed by atoms with E-state index in [1.807, 2.05) is 12.2 Å². The first-order chi connectivity index (χ1) is 15.6. The maximum absolute atomic E-state index is 13.5. The molecule has 1 aliphatic rings. The van der Waals surface area contributed by atoms with Gasteiger partial charge in [-0.05, 0) is 42.3 Å². The first-order valence-electron chi connectivity index (χ1n) is 10.9. The zero-order chi connectivity index (χ0) is 22.8. The predicted molar refractivity (Wildman–Crippen MR) is 134 cm³/mol. The molecule has 0 aromatic heterocycles. The Bertz CT molecular complexity index is 829. The third-order valence-corrected chi connectivity index (χ3v) is 5.41. The second-order valence-corrected chi connectivity index (χ2v) is 7.63. The molecule has 0 amide bonds. The molecule has 1 heterocycles. The number of esters is 1. The van der Waals surface area contributed by atoms with Gasteiger partial charge in [0.15, 0.2) is 0 Å². The zero-order valence-corrected chi connectivity index (χ0v) is 20.8. The maximum Gasteiger partial charge on any atom is 0.332 e. The first kappa shape index (κ1) is 30.0. The largest absolute Gasteiger partial charge is 0.464 e. The van der Waals surface area contributed by atoms with Crippen molar-refractivity contribution in [3.63, 3.8) is 0 Å². The minimum Gasteiger partial charge on any atom is -0.464 e. The summed E-state index contributed by atoms with van der Waals surface area (Å²) in [7, 11) is 0. The number of rotatable bonds is 10. The summed E-state index contributed by atoms with van der Waals surface area (Å²) in [6.07, 6.45) is 3.95. The zero-order valence-electron chi connectivity index (χ0n) is 19.2. The van der Waals surface area contributed by atoms with E-state index in [9.17, 15) is 13.6 Å². The Balaban J connectivity index is 0.00000289. The van der Waals surface area contributed by atoms with Gasteiger partial charge in [-0.15, -0.1) is 24.8 Å². The molecule has 0 spiro atoms. The molecule has 5 nitrogen and oxygen atoms in total. The van der Waals surface area contributed by atoms with Crippen LogP contribution in [0.2, 0.25) is 0 Å². The van der Waals surface area contributed by atoms with Gasteiger partial charge in [-0.2, -0.15) is 0 Å². The number of ether oxygens (including phenoxy) is 2. The van der Waals surface area contributed by atoms with Gasteiger partial charge in [0.05, 0.1) is 19.3 Å². The minimum atomic E-state index is -0.353. The van der Waals surface area contributed by atoms with Crippen molar-refractivity contribution in [3.05, 3.63) is 83.4 Å². The van der Waals surface area contributed by atoms with Crippen LogP contribution in [0.3, 0.4) is 0 Å². The van der Waals surface area contributed by atoms with Gasteiger partial charge in [0.1, 0.15) is 18.2 Å². The van der Waals surface area contributed by atoms with Crippen LogP contribution in [0.1, 0.15) is 24.1 Å². The van der Waals surface area contributed by atoms with Crippen LogP contribution in [-0.4, -0.2) is 68.3 Å². The molecule has 3 rings (SSSR count). The molecule has 1 aliphatic heterocycles. The fraction of sp³-hybridized carbons (Fsp3) is 0.400. The summed E-state index contributed by atoms with van der Waals surface area (Å²) in [6.45, 7) is 6.70. The molecule has 0 saturated carbocycles. The quantitative estimate of drug-likeness (QED) is 0.261. The molecule has 0 N–H and O–H groups in total. The molecular formula is C25H32Cl2F2N2O3. The SMILES string of the molecule is CCOC(=O)COCC=CCN1CCN(C(c2ccc(F)cc2)c2ccc(F)cc2)CC1.Cl.Cl. The molecule has 0 bridgehead atoms. The van der Waals surface area contributed by atoms with Crippen LogP contribution in [0.15, 0.2) is 60.7 Å². The number of piperazine rings is 1. The molecule has 188 valence electrons. The average molecular weight is 517 g/mol. The van der Waals surface area contributed by atoms with Crippen LogP contribution in [0.5, 0.6) is 0 Å². The summed E-state index contributed by atoms with van der Waals surface area (Å²) in [4.78, 5) is 15.9. The van der Waals surface area contributed by atoms with Crippen molar-refractivity contribution in [2.75, 3.05) is 52.5 Å². The van der Waals surface area contributed by atoms with Crippen LogP contribution in [0, 0.1) is 11.6 Å². The Kier molecular flexibility index (Phi) is 13.9. The number of hydrogen-bond acceptors (Lipinski definition) is 5. The van der Waals surface area contributed by atoms with E-state index in [0.717, 1.165) is 43.9 Å². The van der Waals surface area contributed by atoms with Gasteiger partial charge < -0.3 is 9.47 Å². The number of halogens is 4. The Hall–Kier alpha value is -2.03. The Labute approximate surface area is 212 Å². The summed E-state index contributed by atoms with van der Waals surface area (Å²) >= 11 is 0. The number of nitrogens with zero attached hydrogens (tertiary/aromatic N) is 2. The standard InChI is InChI=1S/C25H30F2N2O3.2ClH/c1-2-32-24(30)19-31-18-4-3-13-28-14-16-29(17-15-28)25(20-5-9-22(26)10-6-20)21-7-11-23(27)12-8-21;;/h3-12,25H,2,13-19H2,1H3;2*1H. The highest BCUT2D eigenvalue weighted by atomic mass is 35.5. The van der Waals surface area contributed by atoms with Gasteiger partial charge in [-0.1, -0.05) is 36.4 Å². The van der Waals surface area contributed by atoms with E-state index in [1.54, 1.807) is 31.2 Å². The smallest absolute Gasteiger partial charge is 0.332 e. The summed E-state index contributed by atoms with van der Waals surface area (Å²) in [5.74, 6) is -0.891. The number of hydrogen-bond donors (Lipinski definition) is 0. The van der Waals surface area contributed by atoms with Gasteiger partial charge in [0, 0.05) is 32.7 Å². The predicted octanol–water partition coefficient (Wildman–Crippen LogP) is 4.65. The van der Waals surface area contributed by atoms with Crippen molar-refractivity contribution in [1.82, 2.24) is 9.80 Å². The van der Waals surface area contributed by atoms with Gasteiger partial charge >= 0.3 is 5.97 Å². The topological polar surface area (TPSA) is 42.0 Å². The van der Waals surface area contributed by atoms with Crippen molar-refractivity contribution in [1.29, 1.82) is 0 Å². The van der Waals surface area contributed by atoms with Crippen LogP contribution >= 0.6 is 24.8 Å². The lowest BCUT2D eigenvalue weighted by atomic mass is 9.96. The Morgan fingerprint density at radius 3 is 1.94 bits per heavy atom. The fourth-order valence-electron chi connectivity index (χ4n) is 3.81. The molecule has 0 radical (unpaired) electrons. The van der Waals surface area contributed by atoms with E-state index in [-0.39, 0.29) is 55.1 Å². The summed E-state index contributed by atoms with van der Waals surface area (Å²) in [5, 5.41) is 0. The molecule has 0 aliphatic carbocycles. The lowest BCUT2D eigenvalue weighted by Gasteiger charge is -2.39. The van der Waals surface area contributed by atoms with E-state index in [2.05, 4.69) is 9.80 Å². The molecular weight excluding hydrogens is 485 g/mol. The van der Waals surface area contributed by atoms with E-state index in [4.69, 9.17) is 9.47 Å². The van der Waals surface area contributed by atoms with E-state index >= 15 is 0 Å². The normalized spacial score (nSPS) is 14.6. The lowest BCUT2D eigenvalue weighted by molar-refractivity contribution is -0.147. The highest BCUT2D eigenvalue weighted by Gasteiger charge is 2.26. The Morgan fingerprint density at radius 2 is 1.44 bits per heavy atom. The monoisotopic (exact) mass is 516 g/mol. The second-order valence-electron chi connectivity index (χ2n) is 7.63. The highest BCUT2D eigenvalue weighted by Crippen LogP contribution is 2.30. The molecule has 0 atom stereocenters. The molecule has 2 aromatic carbocycles. The maximum atomic E-state index is 13.5. The van der Waals surface area contributed by atoms with E-state index in [1.165, 1.54) is 24.3 Å². The lowest BCUT2D eigenvalue weighted by Crippen LogP contribution is -2.47. The third kappa shape index (κ3) is 9.31. The van der Waals surface area contributed by atoms with Crippen LogP contribution in [-0.2, 0) is 14.3 Å². The average Bonchev–Trinajstić information content (AvgIpc) is 2.80. The molecule has 1 saturated heterocycles. The third-order valence-electron chi connectivity index (χ3n) is 5.41. The van der Waals surface area contributed by atoms with Gasteiger partial charge in [0.2, 0.25) is 0 Å². The molecule has 9 heteroatoms. The molecule has 0 unspecified atom stereocenters. The van der Waals surface area contributed by atoms with Crippen molar-refractivity contribution >= 4 is 30.8 Å². The summed E-state index contributed by atoms with van der Waals surface area (Å²) in [6, 6.07) is 13.0. The van der Waals surface area contributed by atoms with Gasteiger partial charge in [0.25, 0.3) is 0 Å².